The first-order valence-electron chi connectivity index (χ1n) is 6.77. The molecule has 0 aliphatic carbocycles. The number of allylic oxidation sites excluding steroid dienone is 1. The van der Waals surface area contributed by atoms with E-state index in [1.165, 1.54) is 6.21 Å². The molecule has 2 N–H and O–H groups in total. The van der Waals surface area contributed by atoms with E-state index in [1.807, 2.05) is 60.7 Å². The van der Waals surface area contributed by atoms with E-state index >= 15 is 0 Å². The van der Waals surface area contributed by atoms with Gasteiger partial charge in [0.15, 0.2) is 0 Å². The van der Waals surface area contributed by atoms with Crippen LogP contribution in [0.25, 0.3) is 6.08 Å². The van der Waals surface area contributed by atoms with Gasteiger partial charge in [0, 0.05) is 5.69 Å². The quantitative estimate of drug-likeness (QED) is 0.633. The molecule has 2 aromatic rings. The SMILES string of the molecule is O=C(CNc1ccccc1)N/N=C\C(Cl)=C\c1ccccc1. The van der Waals surface area contributed by atoms with E-state index < -0.39 is 0 Å². The summed E-state index contributed by atoms with van der Waals surface area (Å²) < 4.78 is 0. The van der Waals surface area contributed by atoms with Gasteiger partial charge in [-0.05, 0) is 23.8 Å². The van der Waals surface area contributed by atoms with E-state index in [-0.39, 0.29) is 12.5 Å². The normalized spacial score (nSPS) is 11.4. The largest absolute Gasteiger partial charge is 0.376 e. The molecule has 0 atom stereocenters. The zero-order valence-corrected chi connectivity index (χ0v) is 12.6. The summed E-state index contributed by atoms with van der Waals surface area (Å²) in [5, 5.41) is 7.24. The van der Waals surface area contributed by atoms with Crippen LogP contribution in [0, 0.1) is 0 Å². The molecule has 0 aliphatic rings. The first kappa shape index (κ1) is 15.8. The third-order valence-corrected chi connectivity index (χ3v) is 2.91. The molecule has 4 nitrogen and oxygen atoms in total. The summed E-state index contributed by atoms with van der Waals surface area (Å²) in [4.78, 5) is 11.6. The smallest absolute Gasteiger partial charge is 0.259 e. The molecule has 0 unspecified atom stereocenters. The highest BCUT2D eigenvalue weighted by Crippen LogP contribution is 2.07. The number of nitrogens with zero attached hydrogens (tertiary/aromatic N) is 1. The number of hydrazone groups is 1. The molecule has 5 heteroatoms. The van der Waals surface area contributed by atoms with Crippen LogP contribution < -0.4 is 10.7 Å². The standard InChI is InChI=1S/C17H16ClN3O/c18-15(11-14-7-3-1-4-8-14)12-20-21-17(22)13-19-16-9-5-2-6-10-16/h1-12,19H,13H2,(H,21,22)/b15-11-,20-12-. The average molecular weight is 314 g/mol. The van der Waals surface area contributed by atoms with Gasteiger partial charge < -0.3 is 5.32 Å². The van der Waals surface area contributed by atoms with Crippen LogP contribution >= 0.6 is 11.6 Å². The van der Waals surface area contributed by atoms with Crippen molar-refractivity contribution in [1.29, 1.82) is 0 Å². The van der Waals surface area contributed by atoms with Crippen LogP contribution in [0.15, 0.2) is 70.8 Å². The predicted molar refractivity (Wildman–Crippen MR) is 91.8 cm³/mol. The number of benzene rings is 2. The monoisotopic (exact) mass is 313 g/mol. The number of anilines is 1. The lowest BCUT2D eigenvalue weighted by Gasteiger charge is -2.04. The Morgan fingerprint density at radius 2 is 1.68 bits per heavy atom. The molecule has 112 valence electrons. The summed E-state index contributed by atoms with van der Waals surface area (Å²) in [5.41, 5.74) is 4.26. The highest BCUT2D eigenvalue weighted by Gasteiger charge is 1.98. The van der Waals surface area contributed by atoms with Crippen LogP contribution in [0.2, 0.25) is 0 Å². The molecule has 0 spiro atoms. The van der Waals surface area contributed by atoms with Crippen LogP contribution in [0.4, 0.5) is 5.69 Å². The Bertz CT molecular complexity index is 654. The van der Waals surface area contributed by atoms with Crippen molar-refractivity contribution in [1.82, 2.24) is 5.43 Å². The van der Waals surface area contributed by atoms with Gasteiger partial charge in [-0.2, -0.15) is 5.10 Å². The maximum absolute atomic E-state index is 11.6. The molecular weight excluding hydrogens is 298 g/mol. The zero-order chi connectivity index (χ0) is 15.6. The van der Waals surface area contributed by atoms with Gasteiger partial charge in [0.05, 0.1) is 17.8 Å². The molecule has 0 saturated carbocycles. The molecule has 1 amide bonds. The van der Waals surface area contributed by atoms with Crippen molar-refractivity contribution in [2.45, 2.75) is 0 Å². The molecule has 2 aromatic carbocycles. The van der Waals surface area contributed by atoms with Gasteiger partial charge in [-0.25, -0.2) is 5.43 Å². The van der Waals surface area contributed by atoms with Crippen molar-refractivity contribution in [3.63, 3.8) is 0 Å². The van der Waals surface area contributed by atoms with Crippen LogP contribution in [-0.2, 0) is 4.79 Å². The molecule has 0 aliphatic heterocycles. The number of amides is 1. The van der Waals surface area contributed by atoms with Crippen molar-refractivity contribution in [3.8, 4) is 0 Å². The fraction of sp³-hybridized carbons (Fsp3) is 0.0588. The minimum Gasteiger partial charge on any atom is -0.376 e. The lowest BCUT2D eigenvalue weighted by Crippen LogP contribution is -2.25. The molecule has 0 bridgehead atoms. The molecule has 0 saturated heterocycles. The lowest BCUT2D eigenvalue weighted by molar-refractivity contribution is -0.119. The number of hydrogen-bond donors (Lipinski definition) is 2. The second-order valence-electron chi connectivity index (χ2n) is 4.45. The van der Waals surface area contributed by atoms with Gasteiger partial charge >= 0.3 is 0 Å². The summed E-state index contributed by atoms with van der Waals surface area (Å²) in [6.45, 7) is 0.140. The van der Waals surface area contributed by atoms with E-state index in [0.717, 1.165) is 11.3 Å². The van der Waals surface area contributed by atoms with Crippen LogP contribution in [0.3, 0.4) is 0 Å². The van der Waals surface area contributed by atoms with Gasteiger partial charge in [-0.3, -0.25) is 4.79 Å². The molecule has 0 aromatic heterocycles. The summed E-state index contributed by atoms with van der Waals surface area (Å²) >= 11 is 6.02. The van der Waals surface area contributed by atoms with Crippen molar-refractivity contribution < 1.29 is 4.79 Å². The van der Waals surface area contributed by atoms with Crippen molar-refractivity contribution in [2.24, 2.45) is 5.10 Å². The van der Waals surface area contributed by atoms with E-state index in [1.54, 1.807) is 6.08 Å². The first-order chi connectivity index (χ1) is 10.7. The molecule has 22 heavy (non-hydrogen) atoms. The number of carbonyl (C=O) groups is 1. The minimum absolute atomic E-state index is 0.140. The van der Waals surface area contributed by atoms with Crippen molar-refractivity contribution in [2.75, 3.05) is 11.9 Å². The number of carbonyl (C=O) groups excluding carboxylic acids is 1. The lowest BCUT2D eigenvalue weighted by atomic mass is 10.2. The fourth-order valence-corrected chi connectivity index (χ4v) is 1.86. The van der Waals surface area contributed by atoms with Gasteiger partial charge in [-0.15, -0.1) is 0 Å². The highest BCUT2D eigenvalue weighted by atomic mass is 35.5. The third-order valence-electron chi connectivity index (χ3n) is 2.71. The second kappa shape index (κ2) is 8.64. The number of para-hydroxylation sites is 1. The number of rotatable bonds is 6. The maximum Gasteiger partial charge on any atom is 0.259 e. The Kier molecular flexibility index (Phi) is 6.20. The van der Waals surface area contributed by atoms with Crippen LogP contribution in [0.1, 0.15) is 5.56 Å². The topological polar surface area (TPSA) is 53.5 Å². The van der Waals surface area contributed by atoms with E-state index in [4.69, 9.17) is 11.6 Å². The Balaban J connectivity index is 1.77. The average Bonchev–Trinajstić information content (AvgIpc) is 2.55. The summed E-state index contributed by atoms with van der Waals surface area (Å²) in [5.74, 6) is -0.246. The second-order valence-corrected chi connectivity index (χ2v) is 4.89. The molecular formula is C17H16ClN3O. The maximum atomic E-state index is 11.6. The minimum atomic E-state index is -0.246. The van der Waals surface area contributed by atoms with E-state index in [2.05, 4.69) is 15.8 Å². The van der Waals surface area contributed by atoms with Crippen molar-refractivity contribution in [3.05, 3.63) is 71.3 Å². The third kappa shape index (κ3) is 5.81. The van der Waals surface area contributed by atoms with Gasteiger partial charge in [0.2, 0.25) is 0 Å². The predicted octanol–water partition coefficient (Wildman–Crippen LogP) is 3.48. The van der Waals surface area contributed by atoms with E-state index in [9.17, 15) is 4.79 Å². The molecule has 0 fully saturated rings. The molecule has 0 heterocycles. The zero-order valence-electron chi connectivity index (χ0n) is 11.9. The first-order valence-corrected chi connectivity index (χ1v) is 7.15. The number of nitrogens with one attached hydrogen (secondary N) is 2. The Morgan fingerprint density at radius 1 is 1.05 bits per heavy atom. The molecule has 0 radical (unpaired) electrons. The van der Waals surface area contributed by atoms with Crippen LogP contribution in [-0.4, -0.2) is 18.7 Å². The fourth-order valence-electron chi connectivity index (χ4n) is 1.69. The van der Waals surface area contributed by atoms with Gasteiger partial charge in [0.25, 0.3) is 5.91 Å². The molecule has 2 rings (SSSR count). The van der Waals surface area contributed by atoms with E-state index in [0.29, 0.717) is 5.03 Å². The van der Waals surface area contributed by atoms with Gasteiger partial charge in [0.1, 0.15) is 0 Å². The van der Waals surface area contributed by atoms with Crippen LogP contribution in [0.5, 0.6) is 0 Å². The van der Waals surface area contributed by atoms with Gasteiger partial charge in [-0.1, -0.05) is 60.1 Å². The summed E-state index contributed by atoms with van der Waals surface area (Å²) in [6, 6.07) is 19.1. The summed E-state index contributed by atoms with van der Waals surface area (Å²) in [6.07, 6.45) is 3.16. The highest BCUT2D eigenvalue weighted by molar-refractivity contribution is 6.41. The summed E-state index contributed by atoms with van der Waals surface area (Å²) in [7, 11) is 0. The Morgan fingerprint density at radius 3 is 2.36 bits per heavy atom. The Hall–Kier alpha value is -2.59. The Labute approximate surface area is 134 Å². The number of halogens is 1. The number of hydrogen-bond acceptors (Lipinski definition) is 3. The van der Waals surface area contributed by atoms with Crippen molar-refractivity contribution >= 4 is 35.5 Å².